The smallest absolute Gasteiger partial charge is 0.315 e. The van der Waals surface area contributed by atoms with Crippen molar-refractivity contribution >= 4 is 17.6 Å². The second-order valence-electron chi connectivity index (χ2n) is 6.28. The van der Waals surface area contributed by atoms with E-state index in [1.807, 2.05) is 50.2 Å². The lowest BCUT2D eigenvalue weighted by atomic mass is 9.98. The van der Waals surface area contributed by atoms with Crippen molar-refractivity contribution in [1.82, 2.24) is 15.6 Å². The highest BCUT2D eigenvalue weighted by Gasteiger charge is 2.18. The number of rotatable bonds is 4. The van der Waals surface area contributed by atoms with Crippen molar-refractivity contribution in [2.75, 3.05) is 5.32 Å². The van der Waals surface area contributed by atoms with Gasteiger partial charge in [0.1, 0.15) is 0 Å². The van der Waals surface area contributed by atoms with Gasteiger partial charge in [-0.05, 0) is 49.6 Å². The lowest BCUT2D eigenvalue weighted by Crippen LogP contribution is -2.38. The summed E-state index contributed by atoms with van der Waals surface area (Å²) in [6, 6.07) is 10.9. The maximum Gasteiger partial charge on any atom is 0.315 e. The van der Waals surface area contributed by atoms with Crippen LogP contribution in [0.4, 0.5) is 10.5 Å². The molecule has 0 aliphatic carbocycles. The van der Waals surface area contributed by atoms with Gasteiger partial charge in [0.05, 0.1) is 17.8 Å². The summed E-state index contributed by atoms with van der Waals surface area (Å²) in [5.41, 5.74) is 3.79. The molecule has 0 bridgehead atoms. The number of pyridine rings is 1. The fourth-order valence-corrected chi connectivity index (χ4v) is 2.90. The molecule has 25 heavy (non-hydrogen) atoms. The molecule has 1 aromatic carbocycles. The molecular weight excluding hydrogens is 316 g/mol. The molecule has 0 radical (unpaired) electrons. The predicted octanol–water partition coefficient (Wildman–Crippen LogP) is 3.09. The molecule has 1 aliphatic heterocycles. The lowest BCUT2D eigenvalue weighted by Gasteiger charge is -2.21. The Morgan fingerprint density at radius 1 is 1.12 bits per heavy atom. The van der Waals surface area contributed by atoms with Crippen molar-refractivity contribution < 1.29 is 9.59 Å². The summed E-state index contributed by atoms with van der Waals surface area (Å²) in [5, 5.41) is 8.71. The first kappa shape index (κ1) is 17.0. The first-order valence-corrected chi connectivity index (χ1v) is 8.43. The number of anilines is 1. The Kier molecular flexibility index (Phi) is 4.97. The van der Waals surface area contributed by atoms with Crippen molar-refractivity contribution in [1.29, 1.82) is 0 Å². The molecule has 2 heterocycles. The van der Waals surface area contributed by atoms with Crippen molar-refractivity contribution in [3.05, 3.63) is 59.4 Å². The molecule has 0 saturated heterocycles. The van der Waals surface area contributed by atoms with Crippen molar-refractivity contribution in [2.24, 2.45) is 0 Å². The third kappa shape index (κ3) is 4.15. The molecule has 6 nitrogen and oxygen atoms in total. The van der Waals surface area contributed by atoms with Crippen molar-refractivity contribution in [3.8, 4) is 0 Å². The molecule has 3 N–H and O–H groups in total. The minimum absolute atomic E-state index is 0.0503. The molecule has 130 valence electrons. The molecular formula is C19H22N4O2. The van der Waals surface area contributed by atoms with Gasteiger partial charge in [-0.3, -0.25) is 9.78 Å². The van der Waals surface area contributed by atoms with Gasteiger partial charge in [0.15, 0.2) is 0 Å². The van der Waals surface area contributed by atoms with Gasteiger partial charge >= 0.3 is 6.03 Å². The normalized spacial score (nSPS) is 15.5. The number of aryl methyl sites for hydroxylation is 1. The summed E-state index contributed by atoms with van der Waals surface area (Å²) in [4.78, 5) is 27.9. The van der Waals surface area contributed by atoms with Gasteiger partial charge in [0, 0.05) is 18.3 Å². The average Bonchev–Trinajstić information content (AvgIpc) is 2.61. The number of hydrogen-bond acceptors (Lipinski definition) is 3. The van der Waals surface area contributed by atoms with Crippen LogP contribution in [0.5, 0.6) is 0 Å². The summed E-state index contributed by atoms with van der Waals surface area (Å²) in [5.74, 6) is 0.0503. The van der Waals surface area contributed by atoms with Gasteiger partial charge in [-0.15, -0.1) is 0 Å². The van der Waals surface area contributed by atoms with Crippen LogP contribution in [-0.2, 0) is 11.2 Å². The molecule has 0 fully saturated rings. The van der Waals surface area contributed by atoms with Gasteiger partial charge in [0.25, 0.3) is 0 Å². The maximum absolute atomic E-state index is 12.2. The van der Waals surface area contributed by atoms with Gasteiger partial charge in [-0.25, -0.2) is 4.79 Å². The van der Waals surface area contributed by atoms with Crippen LogP contribution in [0.2, 0.25) is 0 Å². The summed E-state index contributed by atoms with van der Waals surface area (Å²) < 4.78 is 0. The zero-order valence-electron chi connectivity index (χ0n) is 14.4. The summed E-state index contributed by atoms with van der Waals surface area (Å²) in [6.45, 7) is 3.84. The number of amides is 3. The SMILES string of the molecule is CC(NC(=O)NC(C)c1ccccn1)c1ccc2c(c1)CCC(=O)N2. The number of nitrogens with one attached hydrogen (secondary N) is 3. The van der Waals surface area contributed by atoms with Crippen LogP contribution in [0, 0.1) is 0 Å². The fraction of sp³-hybridized carbons (Fsp3) is 0.316. The van der Waals surface area contributed by atoms with Crippen LogP contribution in [0.15, 0.2) is 42.6 Å². The topological polar surface area (TPSA) is 83.1 Å². The summed E-state index contributed by atoms with van der Waals surface area (Å²) in [7, 11) is 0. The van der Waals surface area contributed by atoms with Gasteiger partial charge in [-0.2, -0.15) is 0 Å². The van der Waals surface area contributed by atoms with E-state index < -0.39 is 0 Å². The molecule has 1 aromatic heterocycles. The minimum atomic E-state index is -0.239. The maximum atomic E-state index is 12.2. The fourth-order valence-electron chi connectivity index (χ4n) is 2.90. The lowest BCUT2D eigenvalue weighted by molar-refractivity contribution is -0.116. The van der Waals surface area contributed by atoms with E-state index in [4.69, 9.17) is 0 Å². The quantitative estimate of drug-likeness (QED) is 0.801. The average molecular weight is 338 g/mol. The molecule has 0 saturated carbocycles. The molecule has 2 atom stereocenters. The predicted molar refractivity (Wildman–Crippen MR) is 96.1 cm³/mol. The number of aromatic nitrogens is 1. The van der Waals surface area contributed by atoms with Gasteiger partial charge in [0.2, 0.25) is 5.91 Å². The van der Waals surface area contributed by atoms with Crippen LogP contribution in [0.1, 0.15) is 49.2 Å². The van der Waals surface area contributed by atoms with Crippen LogP contribution < -0.4 is 16.0 Å². The number of nitrogens with zero attached hydrogens (tertiary/aromatic N) is 1. The van der Waals surface area contributed by atoms with Crippen LogP contribution in [0.3, 0.4) is 0 Å². The number of hydrogen-bond donors (Lipinski definition) is 3. The van der Waals surface area contributed by atoms with Crippen LogP contribution >= 0.6 is 0 Å². The van der Waals surface area contributed by atoms with E-state index in [0.29, 0.717) is 6.42 Å². The van der Waals surface area contributed by atoms with E-state index >= 15 is 0 Å². The second-order valence-corrected chi connectivity index (χ2v) is 6.28. The summed E-state index contributed by atoms with van der Waals surface area (Å²) in [6.07, 6.45) is 2.94. The number of benzene rings is 1. The van der Waals surface area contributed by atoms with Crippen LogP contribution in [-0.4, -0.2) is 16.9 Å². The molecule has 3 amide bonds. The highest BCUT2D eigenvalue weighted by atomic mass is 16.2. The summed E-state index contributed by atoms with van der Waals surface area (Å²) >= 11 is 0. The Labute approximate surface area is 147 Å². The first-order chi connectivity index (χ1) is 12.0. The van der Waals surface area contributed by atoms with E-state index in [1.54, 1.807) is 6.20 Å². The zero-order chi connectivity index (χ0) is 17.8. The third-order valence-electron chi connectivity index (χ3n) is 4.35. The Balaban J connectivity index is 1.61. The minimum Gasteiger partial charge on any atom is -0.332 e. The van der Waals surface area contributed by atoms with E-state index in [9.17, 15) is 9.59 Å². The zero-order valence-corrected chi connectivity index (χ0v) is 14.4. The van der Waals surface area contributed by atoms with Crippen molar-refractivity contribution in [3.63, 3.8) is 0 Å². The van der Waals surface area contributed by atoms with Crippen molar-refractivity contribution in [2.45, 2.75) is 38.8 Å². The second kappa shape index (κ2) is 7.34. The number of urea groups is 1. The molecule has 2 unspecified atom stereocenters. The number of carbonyl (C=O) groups excluding carboxylic acids is 2. The Bertz CT molecular complexity index is 776. The number of fused-ring (bicyclic) bond motifs is 1. The molecule has 3 rings (SSSR count). The highest BCUT2D eigenvalue weighted by Crippen LogP contribution is 2.26. The first-order valence-electron chi connectivity index (χ1n) is 8.43. The van der Waals surface area contributed by atoms with Crippen LogP contribution in [0.25, 0.3) is 0 Å². The van der Waals surface area contributed by atoms with E-state index in [2.05, 4.69) is 20.9 Å². The monoisotopic (exact) mass is 338 g/mol. The number of carbonyl (C=O) groups is 2. The van der Waals surface area contributed by atoms with E-state index in [-0.39, 0.29) is 24.0 Å². The third-order valence-corrected chi connectivity index (χ3v) is 4.35. The molecule has 2 aromatic rings. The molecule has 0 spiro atoms. The van der Waals surface area contributed by atoms with Gasteiger partial charge in [-0.1, -0.05) is 18.2 Å². The molecule has 6 heteroatoms. The van der Waals surface area contributed by atoms with Gasteiger partial charge < -0.3 is 16.0 Å². The largest absolute Gasteiger partial charge is 0.332 e. The van der Waals surface area contributed by atoms with E-state index in [1.165, 1.54) is 0 Å². The Morgan fingerprint density at radius 2 is 1.92 bits per heavy atom. The standard InChI is InChI=1S/C19H22N4O2/c1-12(14-6-8-17-15(11-14)7-9-18(24)23-17)21-19(25)22-13(2)16-5-3-4-10-20-16/h3-6,8,10-13H,7,9H2,1-2H3,(H,23,24)(H2,21,22,25). The van der Waals surface area contributed by atoms with E-state index in [0.717, 1.165) is 28.9 Å². The Hall–Kier alpha value is -2.89. The Morgan fingerprint density at radius 3 is 2.68 bits per heavy atom. The highest BCUT2D eigenvalue weighted by molar-refractivity contribution is 5.93. The molecule has 1 aliphatic rings.